The van der Waals surface area contributed by atoms with Crippen molar-refractivity contribution in [3.8, 4) is 57.1 Å². The normalized spacial score (nSPS) is 14.0. The van der Waals surface area contributed by atoms with E-state index in [-0.39, 0.29) is 17.3 Å². The molecular weight excluding hydrogens is 1520 g/mol. The maximum absolute atomic E-state index is 16.4. The van der Waals surface area contributed by atoms with E-state index in [2.05, 4.69) is 218 Å². The van der Waals surface area contributed by atoms with Gasteiger partial charge in [-0.2, -0.15) is 0 Å². The molecule has 5 nitrogen and oxygen atoms in total. The molecule has 8 bridgehead atoms. The van der Waals surface area contributed by atoms with Crippen LogP contribution in [0.4, 0.5) is 0 Å². The summed E-state index contributed by atoms with van der Waals surface area (Å²) in [5.74, 6) is 8.81. The molecule has 0 aromatic heterocycles. The highest BCUT2D eigenvalue weighted by atomic mass is 16.5. The molecule has 586 valence electrons. The monoisotopic (exact) mass is 1600 g/mol. The Morgan fingerprint density at radius 2 is 0.352 bits per heavy atom. The lowest BCUT2D eigenvalue weighted by atomic mass is 9.65. The SMILES string of the molecule is O=C1C(c2ccccc2)=C(c2ccc(C#Cc3ccccc3)cc2)C2=C1c1ccc(cc1)C(c1ccccc1)(c1ccccc1)c1ccc(cc1)C1=C(C(c3ccc(Oc4ccc(C5=C(c6ccccc6)C(=O)C(c6ccc(-c7ccccc7)cc6)=C5c5ccc(-c6ccccc6)cc5)cc4)cc3)=C(c3ccccc3)C1=O)c1ccc(cc1)Oc1ccc2cc1. The van der Waals surface area contributed by atoms with E-state index >= 15 is 14.4 Å². The molecule has 0 amide bonds. The predicted molar refractivity (Wildman–Crippen MR) is 509 cm³/mol. The minimum atomic E-state index is -0.928. The van der Waals surface area contributed by atoms with Gasteiger partial charge in [-0.05, 0) is 184 Å². The van der Waals surface area contributed by atoms with E-state index in [0.717, 1.165) is 156 Å². The van der Waals surface area contributed by atoms with Crippen LogP contribution in [-0.4, -0.2) is 17.3 Å². The molecule has 3 aliphatic carbocycles. The molecule has 0 fully saturated rings. The van der Waals surface area contributed by atoms with Crippen molar-refractivity contribution in [2.24, 2.45) is 0 Å². The van der Waals surface area contributed by atoms with E-state index < -0.39 is 5.41 Å². The predicted octanol–water partition coefficient (Wildman–Crippen LogP) is 28.0. The zero-order chi connectivity index (χ0) is 83.7. The van der Waals surface area contributed by atoms with Crippen LogP contribution in [0.1, 0.15) is 100 Å². The smallest absolute Gasteiger partial charge is 0.195 e. The van der Waals surface area contributed by atoms with Gasteiger partial charge < -0.3 is 9.47 Å². The molecule has 7 aliphatic heterocycles. The quantitative estimate of drug-likeness (QED) is 0.101. The molecule has 5 heteroatoms. The number of ketones is 3. The van der Waals surface area contributed by atoms with Crippen molar-refractivity contribution in [2.75, 3.05) is 0 Å². The lowest BCUT2D eigenvalue weighted by Gasteiger charge is -2.37. The first-order valence-corrected chi connectivity index (χ1v) is 42.1. The average molecular weight is 1600 g/mol. The topological polar surface area (TPSA) is 69.7 Å². The van der Waals surface area contributed by atoms with Gasteiger partial charge in [0.05, 0.1) is 5.41 Å². The van der Waals surface area contributed by atoms with E-state index in [9.17, 15) is 0 Å². The molecule has 0 radical (unpaired) electrons. The zero-order valence-corrected chi connectivity index (χ0v) is 67.9. The fraction of sp³-hybridized carbons (Fsp3) is 0.00833. The van der Waals surface area contributed by atoms with Crippen LogP contribution in [-0.2, 0) is 19.8 Å². The van der Waals surface area contributed by atoms with Gasteiger partial charge >= 0.3 is 0 Å². The van der Waals surface area contributed by atoms with Gasteiger partial charge in [-0.25, -0.2) is 0 Å². The fourth-order valence-electron chi connectivity index (χ4n) is 18.5. The summed E-state index contributed by atoms with van der Waals surface area (Å²) in [6, 6.07) is 156. The van der Waals surface area contributed by atoms with Crippen molar-refractivity contribution < 1.29 is 23.9 Å². The Balaban J connectivity index is 0.675. The summed E-state index contributed by atoms with van der Waals surface area (Å²) in [7, 11) is 0. The first kappa shape index (κ1) is 75.8. The van der Waals surface area contributed by atoms with E-state index in [4.69, 9.17) is 9.47 Å². The Bertz CT molecular complexity index is 7250. The third-order valence-corrected chi connectivity index (χ3v) is 24.3. The zero-order valence-electron chi connectivity index (χ0n) is 67.9. The van der Waals surface area contributed by atoms with Gasteiger partial charge in [0.15, 0.2) is 17.3 Å². The number of carbonyl (C=O) groups excluding carboxylic acids is 3. The van der Waals surface area contributed by atoms with E-state index in [1.807, 2.05) is 255 Å². The number of ether oxygens (including phenoxy) is 2. The molecule has 0 atom stereocenters. The first-order valence-electron chi connectivity index (χ1n) is 42.1. The summed E-state index contributed by atoms with van der Waals surface area (Å²) in [4.78, 5) is 48.2. The van der Waals surface area contributed by atoms with Crippen molar-refractivity contribution in [3.63, 3.8) is 0 Å². The van der Waals surface area contributed by atoms with E-state index in [1.165, 1.54) is 0 Å². The minimum Gasteiger partial charge on any atom is -0.457 e. The molecule has 27 rings (SSSR count). The second-order valence-corrected chi connectivity index (χ2v) is 31.6. The first-order chi connectivity index (χ1) is 61.7. The number of Topliss-reactive ketones (excluding diaryl/α,β-unsaturated/α-hetero) is 3. The van der Waals surface area contributed by atoms with Gasteiger partial charge in [-0.3, -0.25) is 14.4 Å². The maximum atomic E-state index is 16.4. The lowest BCUT2D eigenvalue weighted by molar-refractivity contribution is -0.109. The average Bonchev–Trinajstić information content (AvgIpc) is 1.55. The van der Waals surface area contributed by atoms with E-state index in [0.29, 0.717) is 56.4 Å². The summed E-state index contributed by atoms with van der Waals surface area (Å²) in [6.45, 7) is 0. The Morgan fingerprint density at radius 1 is 0.168 bits per heavy atom. The molecule has 17 aromatic rings. The molecule has 7 heterocycles. The second-order valence-electron chi connectivity index (χ2n) is 31.6. The van der Waals surface area contributed by atoms with Crippen LogP contribution in [0.15, 0.2) is 461 Å². The fourth-order valence-corrected chi connectivity index (χ4v) is 18.5. The van der Waals surface area contributed by atoms with Crippen molar-refractivity contribution >= 4 is 84.2 Å². The van der Waals surface area contributed by atoms with E-state index in [1.54, 1.807) is 0 Å². The highest BCUT2D eigenvalue weighted by molar-refractivity contribution is 6.61. The standard InChI is InChI=1S/C120H76O5/c121-117-112(86-33-17-5-18-34-86)107(106(89-51-47-83(48-52-89)81-27-11-2-12-28-81)114(117)94-53-49-84(50-54-94)82-29-13-3-14-30-82)90-59-71-101(72-60-90)124-102-73-61-91(62-74-102)108-110-93-65-77-104(78-66-93)125-103-75-63-92(64-76-103)109-105(88-45-43-80(44-46-88)42-41-79-25-9-1-10-26-79)111(85-31-15-4-16-32-85)118(122)115(109)95-55-67-99(68-56-95)120(97-37-21-7-22-38-97,98-39-23-8-24-40-98)100-69-57-96(58-70-100)116(110)119(123)113(108)87-35-19-6-20-36-87/h1-40,43-78H. The van der Waals surface area contributed by atoms with Gasteiger partial charge in [0.2, 0.25) is 0 Å². The van der Waals surface area contributed by atoms with Crippen LogP contribution >= 0.6 is 0 Å². The van der Waals surface area contributed by atoms with Crippen molar-refractivity contribution in [1.82, 2.24) is 0 Å². The van der Waals surface area contributed by atoms with Gasteiger partial charge in [-0.1, -0.05) is 400 Å². The Morgan fingerprint density at radius 3 is 0.640 bits per heavy atom. The largest absolute Gasteiger partial charge is 0.457 e. The molecule has 125 heavy (non-hydrogen) atoms. The molecular formula is C120H76O5. The molecule has 0 N–H and O–H groups in total. The molecule has 0 unspecified atom stereocenters. The van der Waals surface area contributed by atoms with Gasteiger partial charge in [-0.15, -0.1) is 0 Å². The summed E-state index contributed by atoms with van der Waals surface area (Å²) in [5.41, 5.74) is 27.5. The molecule has 0 spiro atoms. The summed E-state index contributed by atoms with van der Waals surface area (Å²) >= 11 is 0. The van der Waals surface area contributed by atoms with Crippen LogP contribution in [0.3, 0.4) is 0 Å². The number of benzene rings is 17. The third kappa shape index (κ3) is 14.1. The summed E-state index contributed by atoms with van der Waals surface area (Å²) < 4.78 is 13.7. The number of hydrogen-bond acceptors (Lipinski definition) is 5. The third-order valence-electron chi connectivity index (χ3n) is 24.3. The van der Waals surface area contributed by atoms with Crippen molar-refractivity contribution in [2.45, 2.75) is 5.41 Å². The highest BCUT2D eigenvalue weighted by Gasteiger charge is 2.43. The van der Waals surface area contributed by atoms with Crippen LogP contribution < -0.4 is 9.47 Å². The second kappa shape index (κ2) is 32.8. The van der Waals surface area contributed by atoms with Crippen molar-refractivity contribution in [1.29, 1.82) is 0 Å². The van der Waals surface area contributed by atoms with Crippen LogP contribution in [0, 0.1) is 11.8 Å². The molecule has 17 aromatic carbocycles. The number of rotatable bonds is 14. The number of hydrogen-bond donors (Lipinski definition) is 0. The summed E-state index contributed by atoms with van der Waals surface area (Å²) in [5, 5.41) is 0. The van der Waals surface area contributed by atoms with Gasteiger partial charge in [0.25, 0.3) is 0 Å². The Kier molecular flexibility index (Phi) is 19.9. The molecule has 0 saturated heterocycles. The maximum Gasteiger partial charge on any atom is 0.195 e. The Hall–Kier alpha value is -16.7. The molecule has 0 saturated carbocycles. The Labute approximate surface area is 726 Å². The van der Waals surface area contributed by atoms with Crippen molar-refractivity contribution in [3.05, 3.63) is 561 Å². The summed E-state index contributed by atoms with van der Waals surface area (Å²) in [6.07, 6.45) is 0. The van der Waals surface area contributed by atoms with Gasteiger partial charge in [0, 0.05) is 78.0 Å². The van der Waals surface area contributed by atoms with Crippen LogP contribution in [0.25, 0.3) is 89.1 Å². The number of carbonyl (C=O) groups is 3. The van der Waals surface area contributed by atoms with Gasteiger partial charge in [0.1, 0.15) is 23.0 Å². The highest BCUT2D eigenvalue weighted by Crippen LogP contribution is 2.56. The molecule has 10 aliphatic rings. The number of allylic oxidation sites excluding steroid dienone is 12. The lowest BCUT2D eigenvalue weighted by Crippen LogP contribution is -2.31. The van der Waals surface area contributed by atoms with Crippen LogP contribution in [0.5, 0.6) is 23.0 Å². The minimum absolute atomic E-state index is 0.0498. The van der Waals surface area contributed by atoms with Crippen LogP contribution in [0.2, 0.25) is 0 Å².